The van der Waals surface area contributed by atoms with E-state index < -0.39 is 6.16 Å². The Morgan fingerprint density at radius 2 is 0.889 bits per heavy atom. The first-order valence-corrected chi connectivity index (χ1v) is 3.27. The monoisotopic (exact) mass is 188 g/mol. The molecule has 0 atom stereocenters. The van der Waals surface area contributed by atoms with Crippen LogP contribution < -0.4 is 0 Å². The van der Waals surface area contributed by atoms with Crippen LogP contribution in [0.5, 0.6) is 0 Å². The Morgan fingerprint density at radius 1 is 0.667 bits per heavy atom. The summed E-state index contributed by atoms with van der Waals surface area (Å²) in [5, 5.41) is 0. The first-order valence-electron chi connectivity index (χ1n) is 1.63. The lowest BCUT2D eigenvalue weighted by atomic mass is 11.2. The van der Waals surface area contributed by atoms with Gasteiger partial charge in [-0.3, -0.25) is 0 Å². The highest BCUT2D eigenvalue weighted by atomic mass is 28.2. The molecule has 0 bridgehead atoms. The van der Waals surface area contributed by atoms with Crippen LogP contribution in [0.25, 0.3) is 0 Å². The normalized spacial score (nSPS) is 12.0. The second-order valence-electron chi connectivity index (χ2n) is 0.908. The third kappa shape index (κ3) is 2.43. The van der Waals surface area contributed by atoms with E-state index in [4.69, 9.17) is 0 Å². The van der Waals surface area contributed by atoms with Crippen LogP contribution in [0.1, 0.15) is 0 Å². The van der Waals surface area contributed by atoms with Crippen molar-refractivity contribution in [2.45, 2.75) is 6.16 Å². The lowest BCUT2D eigenvalue weighted by Crippen LogP contribution is -2.39. The second-order valence-corrected chi connectivity index (χ2v) is 1.72. The summed E-state index contributed by atoms with van der Waals surface area (Å²) in [5.74, 6) is 0. The SMILES string of the molecule is [Si]OC(O[Si])(O[Si])O[Si]. The van der Waals surface area contributed by atoms with E-state index >= 15 is 0 Å². The average molecular weight is 188 g/mol. The van der Waals surface area contributed by atoms with E-state index in [9.17, 15) is 0 Å². The molecular weight excluding hydrogens is 188 g/mol. The summed E-state index contributed by atoms with van der Waals surface area (Å²) in [6.45, 7) is 0. The zero-order valence-electron chi connectivity index (χ0n) is 4.13. The number of rotatable bonds is 4. The topological polar surface area (TPSA) is 36.9 Å². The van der Waals surface area contributed by atoms with Gasteiger partial charge in [0.2, 0.25) is 0 Å². The van der Waals surface area contributed by atoms with Crippen molar-refractivity contribution in [3.8, 4) is 0 Å². The zero-order valence-corrected chi connectivity index (χ0v) is 8.13. The van der Waals surface area contributed by atoms with Crippen molar-refractivity contribution in [2.75, 3.05) is 0 Å². The average Bonchev–Trinajstić information content (AvgIpc) is 1.95. The standard InChI is InChI=1S/CO4Si4/c6-2-1(3-7,4-8)5-9. The van der Waals surface area contributed by atoms with Crippen molar-refractivity contribution in [2.24, 2.45) is 0 Å². The van der Waals surface area contributed by atoms with Crippen LogP contribution in [0.3, 0.4) is 0 Å². The van der Waals surface area contributed by atoms with E-state index in [1.165, 1.54) is 0 Å². The fourth-order valence-corrected chi connectivity index (χ4v) is 1.13. The van der Waals surface area contributed by atoms with Crippen LogP contribution in [-0.4, -0.2) is 48.1 Å². The van der Waals surface area contributed by atoms with E-state index in [0.717, 1.165) is 0 Å². The van der Waals surface area contributed by atoms with E-state index in [2.05, 4.69) is 59.6 Å². The van der Waals surface area contributed by atoms with E-state index in [0.29, 0.717) is 0 Å². The molecule has 0 heterocycles. The highest BCUT2D eigenvalue weighted by molar-refractivity contribution is 6.03. The van der Waals surface area contributed by atoms with E-state index in [-0.39, 0.29) is 0 Å². The fraction of sp³-hybridized carbons (Fsp3) is 1.00. The maximum Gasteiger partial charge on any atom is 0.371 e. The third-order valence-electron chi connectivity index (χ3n) is 0.500. The molecule has 0 saturated heterocycles. The predicted molar refractivity (Wildman–Crippen MR) is 30.1 cm³/mol. The summed E-state index contributed by atoms with van der Waals surface area (Å²) in [7, 11) is 10.5. The molecule has 0 fully saturated rings. The molecular formula is CO4Si4. The molecule has 44 valence electrons. The highest BCUT2D eigenvalue weighted by Gasteiger charge is 2.27. The van der Waals surface area contributed by atoms with E-state index in [1.807, 2.05) is 0 Å². The Bertz CT molecular complexity index is 55.5. The van der Waals surface area contributed by atoms with Gasteiger partial charge < -0.3 is 17.7 Å². The summed E-state index contributed by atoms with van der Waals surface area (Å²) < 4.78 is 17.5. The molecule has 0 aliphatic carbocycles. The molecule has 0 unspecified atom stereocenters. The fourth-order valence-electron chi connectivity index (χ4n) is 0.125. The van der Waals surface area contributed by atoms with Crippen LogP contribution >= 0.6 is 0 Å². The van der Waals surface area contributed by atoms with Crippen molar-refractivity contribution in [1.29, 1.82) is 0 Å². The Labute approximate surface area is 66.4 Å². The van der Waals surface area contributed by atoms with Gasteiger partial charge in [0, 0.05) is 0 Å². The van der Waals surface area contributed by atoms with Gasteiger partial charge in [-0.1, -0.05) is 0 Å². The molecule has 0 aliphatic heterocycles. The molecule has 0 rings (SSSR count). The molecule has 0 aromatic carbocycles. The molecule has 12 radical (unpaired) electrons. The van der Waals surface area contributed by atoms with Crippen molar-refractivity contribution in [1.82, 2.24) is 0 Å². The first-order chi connectivity index (χ1) is 4.24. The van der Waals surface area contributed by atoms with Gasteiger partial charge in [-0.2, -0.15) is 0 Å². The van der Waals surface area contributed by atoms with E-state index in [1.54, 1.807) is 0 Å². The quantitative estimate of drug-likeness (QED) is 0.378. The van der Waals surface area contributed by atoms with Crippen molar-refractivity contribution < 1.29 is 17.7 Å². The largest absolute Gasteiger partial charge is 0.371 e. The van der Waals surface area contributed by atoms with Gasteiger partial charge in [-0.15, -0.1) is 0 Å². The lowest BCUT2D eigenvalue weighted by molar-refractivity contribution is -0.367. The zero-order chi connectivity index (χ0) is 7.33. The lowest BCUT2D eigenvalue weighted by Gasteiger charge is -2.26. The van der Waals surface area contributed by atoms with Crippen LogP contribution in [-0.2, 0) is 17.7 Å². The molecule has 0 N–H and O–H groups in total. The summed E-state index contributed by atoms with van der Waals surface area (Å²) in [6, 6.07) is 0. The highest BCUT2D eigenvalue weighted by Crippen LogP contribution is 2.09. The summed E-state index contributed by atoms with van der Waals surface area (Å²) in [4.78, 5) is 0. The second kappa shape index (κ2) is 4.51. The van der Waals surface area contributed by atoms with Gasteiger partial charge in [0.25, 0.3) is 41.9 Å². The molecule has 0 amide bonds. The minimum Gasteiger partial charge on any atom is -0.350 e. The Hall–Kier alpha value is 0.708. The van der Waals surface area contributed by atoms with Crippen LogP contribution in [0.4, 0.5) is 0 Å². The molecule has 9 heavy (non-hydrogen) atoms. The third-order valence-corrected chi connectivity index (χ3v) is 1.50. The number of hydrogen-bond donors (Lipinski definition) is 0. The smallest absolute Gasteiger partial charge is 0.350 e. The first kappa shape index (κ1) is 9.71. The summed E-state index contributed by atoms with van der Waals surface area (Å²) in [6.07, 6.45) is -1.68. The van der Waals surface area contributed by atoms with Crippen LogP contribution in [0.2, 0.25) is 0 Å². The molecule has 0 saturated carbocycles. The molecule has 0 spiro atoms. The van der Waals surface area contributed by atoms with Crippen LogP contribution in [0.15, 0.2) is 0 Å². The van der Waals surface area contributed by atoms with Crippen LogP contribution in [0, 0.1) is 0 Å². The molecule has 4 nitrogen and oxygen atoms in total. The Morgan fingerprint density at radius 3 is 0.889 bits per heavy atom. The Kier molecular flexibility index (Phi) is 4.87. The minimum absolute atomic E-state index is 1.68. The summed E-state index contributed by atoms with van der Waals surface area (Å²) in [5.41, 5.74) is 0. The predicted octanol–water partition coefficient (Wildman–Crippen LogP) is -2.00. The number of hydrogen-bond acceptors (Lipinski definition) is 4. The molecule has 8 heteroatoms. The maximum absolute atomic E-state index is 4.38. The van der Waals surface area contributed by atoms with Gasteiger partial charge in [0.05, 0.1) is 0 Å². The molecule has 0 aromatic heterocycles. The van der Waals surface area contributed by atoms with Crippen molar-refractivity contribution >= 4 is 41.9 Å². The minimum atomic E-state index is -1.68. The van der Waals surface area contributed by atoms with Gasteiger partial charge >= 0.3 is 6.16 Å². The maximum atomic E-state index is 4.38. The molecule has 0 aliphatic rings. The Balaban J connectivity index is 3.82. The van der Waals surface area contributed by atoms with Gasteiger partial charge in [0.15, 0.2) is 0 Å². The van der Waals surface area contributed by atoms with Crippen molar-refractivity contribution in [3.63, 3.8) is 0 Å². The molecule has 0 aromatic rings. The van der Waals surface area contributed by atoms with Gasteiger partial charge in [-0.05, 0) is 0 Å². The van der Waals surface area contributed by atoms with Gasteiger partial charge in [0.1, 0.15) is 0 Å². The van der Waals surface area contributed by atoms with Crippen molar-refractivity contribution in [3.05, 3.63) is 0 Å². The van der Waals surface area contributed by atoms with Gasteiger partial charge in [-0.25, -0.2) is 0 Å². The summed E-state index contributed by atoms with van der Waals surface area (Å²) >= 11 is 0.